The molecule has 0 spiro atoms. The minimum atomic E-state index is -5.91. The molecule has 3 nitrogen and oxygen atoms in total. The molecule has 0 amide bonds. The summed E-state index contributed by atoms with van der Waals surface area (Å²) in [5.74, 6) is 0. The number of halogens is 6. The average molecular weight is 390 g/mol. The van der Waals surface area contributed by atoms with Crippen LogP contribution in [0.15, 0.2) is 65.8 Å². The van der Waals surface area contributed by atoms with Crippen molar-refractivity contribution in [3.63, 3.8) is 0 Å². The number of benzene rings is 2. The number of anilines is 1. The molecule has 9 heteroatoms. The van der Waals surface area contributed by atoms with Crippen molar-refractivity contribution in [3.8, 4) is 0 Å². The van der Waals surface area contributed by atoms with Crippen LogP contribution in [0.1, 0.15) is 12.0 Å². The zero-order chi connectivity index (χ0) is 20.1. The van der Waals surface area contributed by atoms with Gasteiger partial charge in [-0.1, -0.05) is 48.5 Å². The molecule has 0 bridgehead atoms. The first-order chi connectivity index (χ1) is 12.5. The molecule has 146 valence electrons. The zero-order valence-electron chi connectivity index (χ0n) is 13.8. The predicted octanol–water partition coefficient (Wildman–Crippen LogP) is 4.94. The van der Waals surface area contributed by atoms with Gasteiger partial charge in [-0.3, -0.25) is 5.43 Å². The summed E-state index contributed by atoms with van der Waals surface area (Å²) < 4.78 is 78.1. The van der Waals surface area contributed by atoms with Crippen molar-refractivity contribution in [1.82, 2.24) is 0 Å². The van der Waals surface area contributed by atoms with Gasteiger partial charge in [0.15, 0.2) is 0 Å². The van der Waals surface area contributed by atoms with E-state index >= 15 is 0 Å². The predicted molar refractivity (Wildman–Crippen MR) is 89.3 cm³/mol. The fourth-order valence-corrected chi connectivity index (χ4v) is 2.29. The zero-order valence-corrected chi connectivity index (χ0v) is 13.8. The third kappa shape index (κ3) is 5.22. The number of aliphatic hydroxyl groups is 1. The van der Waals surface area contributed by atoms with Crippen LogP contribution in [-0.2, 0) is 6.42 Å². The van der Waals surface area contributed by atoms with Gasteiger partial charge in [-0.05, 0) is 17.7 Å². The first kappa shape index (κ1) is 20.8. The van der Waals surface area contributed by atoms with Crippen molar-refractivity contribution < 1.29 is 31.4 Å². The SMILES string of the molecule is OC(CC(Cc1ccccc1)=NNc1ccccc1)(C(F)(F)F)C(F)(F)F. The first-order valence-electron chi connectivity index (χ1n) is 7.79. The van der Waals surface area contributed by atoms with Gasteiger partial charge in [-0.25, -0.2) is 0 Å². The molecular formula is C18H16F6N2O. The summed E-state index contributed by atoms with van der Waals surface area (Å²) >= 11 is 0. The lowest BCUT2D eigenvalue weighted by Gasteiger charge is -2.32. The number of para-hydroxylation sites is 1. The Morgan fingerprint density at radius 1 is 0.815 bits per heavy atom. The molecule has 0 saturated carbocycles. The van der Waals surface area contributed by atoms with Crippen LogP contribution in [0.5, 0.6) is 0 Å². The lowest BCUT2D eigenvalue weighted by Crippen LogP contribution is -2.58. The maximum Gasteiger partial charge on any atom is 0.426 e. The number of hydrogen-bond donors (Lipinski definition) is 2. The molecule has 2 N–H and O–H groups in total. The minimum absolute atomic E-state index is 0.296. The van der Waals surface area contributed by atoms with E-state index in [-0.39, 0.29) is 6.42 Å². The highest BCUT2D eigenvalue weighted by atomic mass is 19.4. The standard InChI is InChI=1S/C18H16F6N2O/c19-17(20,21)16(27,18(22,23)24)12-15(11-13-7-3-1-4-8-13)26-25-14-9-5-2-6-10-14/h1-10,25,27H,11-12H2. The molecule has 0 atom stereocenters. The van der Waals surface area contributed by atoms with E-state index in [1.165, 1.54) is 12.1 Å². The Kier molecular flexibility index (Phi) is 6.15. The van der Waals surface area contributed by atoms with Crippen LogP contribution in [-0.4, -0.2) is 28.8 Å². The number of nitrogens with one attached hydrogen (secondary N) is 1. The summed E-state index contributed by atoms with van der Waals surface area (Å²) in [6, 6.07) is 15.9. The van der Waals surface area contributed by atoms with Gasteiger partial charge in [0.1, 0.15) is 0 Å². The molecule has 0 radical (unpaired) electrons. The van der Waals surface area contributed by atoms with Gasteiger partial charge in [0, 0.05) is 18.6 Å². The molecule has 0 fully saturated rings. The summed E-state index contributed by atoms with van der Waals surface area (Å²) in [5, 5.41) is 13.2. The van der Waals surface area contributed by atoms with Crippen LogP contribution in [0.25, 0.3) is 0 Å². The second-order valence-electron chi connectivity index (χ2n) is 5.85. The van der Waals surface area contributed by atoms with Crippen LogP contribution in [0.2, 0.25) is 0 Å². The molecule has 0 aromatic heterocycles. The molecule has 0 saturated heterocycles. The molecule has 27 heavy (non-hydrogen) atoms. The van der Waals surface area contributed by atoms with Gasteiger partial charge in [0.2, 0.25) is 0 Å². The van der Waals surface area contributed by atoms with E-state index in [9.17, 15) is 31.4 Å². The highest BCUT2D eigenvalue weighted by Crippen LogP contribution is 2.45. The number of hydrazone groups is 1. The molecule has 2 rings (SSSR count). The van der Waals surface area contributed by atoms with Crippen molar-refractivity contribution in [2.75, 3.05) is 5.43 Å². The Labute approximate surface area is 151 Å². The Balaban J connectivity index is 2.35. The maximum atomic E-state index is 13.0. The van der Waals surface area contributed by atoms with Crippen LogP contribution >= 0.6 is 0 Å². The van der Waals surface area contributed by atoms with Crippen molar-refractivity contribution in [1.29, 1.82) is 0 Å². The lowest BCUT2D eigenvalue weighted by molar-refractivity contribution is -0.365. The molecule has 0 aliphatic carbocycles. The quantitative estimate of drug-likeness (QED) is 0.417. The van der Waals surface area contributed by atoms with E-state index in [1.54, 1.807) is 48.5 Å². The maximum absolute atomic E-state index is 13.0. The highest BCUT2D eigenvalue weighted by Gasteiger charge is 2.70. The average Bonchev–Trinajstić information content (AvgIpc) is 2.59. The molecule has 0 heterocycles. The largest absolute Gasteiger partial charge is 0.426 e. The monoisotopic (exact) mass is 390 g/mol. The molecule has 2 aromatic carbocycles. The normalized spacial score (nSPS) is 13.5. The highest BCUT2D eigenvalue weighted by molar-refractivity contribution is 5.88. The van der Waals surface area contributed by atoms with Crippen molar-refractivity contribution >= 4 is 11.4 Å². The Bertz CT molecular complexity index is 743. The Morgan fingerprint density at radius 3 is 1.78 bits per heavy atom. The van der Waals surface area contributed by atoms with E-state index in [4.69, 9.17) is 0 Å². The van der Waals surface area contributed by atoms with E-state index in [0.29, 0.717) is 11.3 Å². The lowest BCUT2D eigenvalue weighted by atomic mass is 9.92. The van der Waals surface area contributed by atoms with E-state index in [1.807, 2.05) is 0 Å². The third-order valence-electron chi connectivity index (χ3n) is 3.77. The fraction of sp³-hybridized carbons (Fsp3) is 0.278. The van der Waals surface area contributed by atoms with Crippen LogP contribution < -0.4 is 5.43 Å². The van der Waals surface area contributed by atoms with Gasteiger partial charge in [-0.2, -0.15) is 31.4 Å². The summed E-state index contributed by atoms with van der Waals surface area (Å²) in [6.07, 6.45) is -13.9. The number of hydrogen-bond acceptors (Lipinski definition) is 3. The smallest absolute Gasteiger partial charge is 0.373 e. The number of alkyl halides is 6. The van der Waals surface area contributed by atoms with Gasteiger partial charge >= 0.3 is 12.4 Å². The third-order valence-corrected chi connectivity index (χ3v) is 3.77. The van der Waals surface area contributed by atoms with E-state index in [2.05, 4.69) is 10.5 Å². The minimum Gasteiger partial charge on any atom is -0.373 e. The van der Waals surface area contributed by atoms with Crippen LogP contribution in [0, 0.1) is 0 Å². The molecule has 0 aliphatic rings. The Morgan fingerprint density at radius 2 is 1.30 bits per heavy atom. The van der Waals surface area contributed by atoms with Crippen LogP contribution in [0.3, 0.4) is 0 Å². The molecule has 2 aromatic rings. The van der Waals surface area contributed by atoms with Crippen LogP contribution in [0.4, 0.5) is 32.0 Å². The fourth-order valence-electron chi connectivity index (χ4n) is 2.29. The summed E-state index contributed by atoms with van der Waals surface area (Å²) in [5.41, 5.74) is -2.13. The second kappa shape index (κ2) is 7.99. The van der Waals surface area contributed by atoms with Crippen molar-refractivity contribution in [3.05, 3.63) is 66.2 Å². The Hall–Kier alpha value is -2.55. The molecular weight excluding hydrogens is 374 g/mol. The summed E-state index contributed by atoms with van der Waals surface area (Å²) in [4.78, 5) is 0. The molecule has 0 unspecified atom stereocenters. The summed E-state index contributed by atoms with van der Waals surface area (Å²) in [6.45, 7) is 0. The van der Waals surface area contributed by atoms with Crippen molar-refractivity contribution in [2.45, 2.75) is 30.8 Å². The molecule has 0 aliphatic heterocycles. The first-order valence-corrected chi connectivity index (χ1v) is 7.79. The van der Waals surface area contributed by atoms with E-state index < -0.39 is 30.1 Å². The van der Waals surface area contributed by atoms with Gasteiger partial charge in [0.05, 0.1) is 5.69 Å². The van der Waals surface area contributed by atoms with Gasteiger partial charge < -0.3 is 5.11 Å². The number of rotatable bonds is 6. The number of nitrogens with zero attached hydrogens (tertiary/aromatic N) is 1. The second-order valence-corrected chi connectivity index (χ2v) is 5.85. The van der Waals surface area contributed by atoms with Gasteiger partial charge in [-0.15, -0.1) is 0 Å². The summed E-state index contributed by atoms with van der Waals surface area (Å²) in [7, 11) is 0. The van der Waals surface area contributed by atoms with E-state index in [0.717, 1.165) is 0 Å². The van der Waals surface area contributed by atoms with Crippen molar-refractivity contribution in [2.24, 2.45) is 5.10 Å². The topological polar surface area (TPSA) is 44.6 Å². The van der Waals surface area contributed by atoms with Gasteiger partial charge in [0.25, 0.3) is 5.60 Å².